The number of pyridine rings is 1. The first kappa shape index (κ1) is 15.4. The molecule has 3 nitrogen and oxygen atoms in total. The van der Waals surface area contributed by atoms with Gasteiger partial charge in [-0.3, -0.25) is 0 Å². The summed E-state index contributed by atoms with van der Waals surface area (Å²) >= 11 is 0. The van der Waals surface area contributed by atoms with E-state index in [0.717, 1.165) is 43.1 Å². The molecule has 0 fully saturated rings. The van der Waals surface area contributed by atoms with Crippen molar-refractivity contribution in [3.8, 4) is 0 Å². The summed E-state index contributed by atoms with van der Waals surface area (Å²) in [5.74, 6) is 0.705. The quantitative estimate of drug-likeness (QED) is 0.783. The number of anilines is 2. The minimum absolute atomic E-state index is 0.222. The summed E-state index contributed by atoms with van der Waals surface area (Å²) in [6, 6.07) is 10.6. The van der Waals surface area contributed by atoms with Crippen LogP contribution in [0.5, 0.6) is 0 Å². The first-order valence-corrected chi connectivity index (χ1v) is 7.44. The van der Waals surface area contributed by atoms with Crippen LogP contribution in [0.25, 0.3) is 0 Å². The first-order valence-electron chi connectivity index (χ1n) is 7.44. The highest BCUT2D eigenvalue weighted by atomic mass is 19.1. The van der Waals surface area contributed by atoms with Crippen molar-refractivity contribution in [2.75, 3.05) is 18.0 Å². The highest BCUT2D eigenvalue weighted by Crippen LogP contribution is 2.26. The van der Waals surface area contributed by atoms with E-state index in [9.17, 15) is 4.39 Å². The molecule has 4 heteroatoms. The molecule has 0 saturated carbocycles. The van der Waals surface area contributed by atoms with Gasteiger partial charge in [0, 0.05) is 30.5 Å². The summed E-state index contributed by atoms with van der Waals surface area (Å²) in [5.41, 5.74) is 2.10. The Morgan fingerprint density at radius 1 is 1.14 bits per heavy atom. The van der Waals surface area contributed by atoms with Gasteiger partial charge in [0.15, 0.2) is 0 Å². The van der Waals surface area contributed by atoms with Crippen molar-refractivity contribution in [2.24, 2.45) is 0 Å². The Bertz CT molecular complexity index is 554. The van der Waals surface area contributed by atoms with E-state index in [-0.39, 0.29) is 5.82 Å². The third-order valence-electron chi connectivity index (χ3n) is 3.32. The number of rotatable bonds is 7. The number of halogens is 1. The average Bonchev–Trinajstić information content (AvgIpc) is 2.51. The Labute approximate surface area is 125 Å². The minimum Gasteiger partial charge on any atom is -0.326 e. The van der Waals surface area contributed by atoms with Gasteiger partial charge in [-0.1, -0.05) is 13.0 Å². The zero-order chi connectivity index (χ0) is 15.1. The summed E-state index contributed by atoms with van der Waals surface area (Å²) in [6.45, 7) is 6.77. The monoisotopic (exact) mass is 287 g/mol. The van der Waals surface area contributed by atoms with Crippen LogP contribution in [0.4, 0.5) is 15.9 Å². The standard InChI is InChI=1S/C17H22FN3/c1-3-11-19-13-14-6-5-12-20-17(14)21(4-2)16-9-7-15(18)8-10-16/h5-10,12,19H,3-4,11,13H2,1-2H3. The molecule has 2 rings (SSSR count). The SMILES string of the molecule is CCCNCc1cccnc1N(CC)c1ccc(F)cc1. The molecule has 0 aliphatic carbocycles. The lowest BCUT2D eigenvalue weighted by molar-refractivity contribution is 0.627. The van der Waals surface area contributed by atoms with Crippen molar-refractivity contribution in [2.45, 2.75) is 26.8 Å². The molecule has 0 aliphatic rings. The smallest absolute Gasteiger partial charge is 0.137 e. The second-order valence-corrected chi connectivity index (χ2v) is 4.88. The summed E-state index contributed by atoms with van der Waals surface area (Å²) in [4.78, 5) is 6.62. The number of nitrogens with zero attached hydrogens (tertiary/aromatic N) is 2. The third kappa shape index (κ3) is 4.02. The molecule has 1 N–H and O–H groups in total. The molecule has 1 heterocycles. The number of hydrogen-bond donors (Lipinski definition) is 1. The predicted octanol–water partition coefficient (Wildman–Crippen LogP) is 3.88. The van der Waals surface area contributed by atoms with Crippen LogP contribution in [0.2, 0.25) is 0 Å². The van der Waals surface area contributed by atoms with Crippen LogP contribution in [0, 0.1) is 5.82 Å². The normalized spacial score (nSPS) is 10.6. The van der Waals surface area contributed by atoms with Crippen LogP contribution in [0.15, 0.2) is 42.6 Å². The van der Waals surface area contributed by atoms with Gasteiger partial charge >= 0.3 is 0 Å². The topological polar surface area (TPSA) is 28.2 Å². The fraction of sp³-hybridized carbons (Fsp3) is 0.353. The zero-order valence-corrected chi connectivity index (χ0v) is 12.6. The van der Waals surface area contributed by atoms with Crippen LogP contribution in [-0.4, -0.2) is 18.1 Å². The van der Waals surface area contributed by atoms with Gasteiger partial charge in [0.05, 0.1) is 0 Å². The van der Waals surface area contributed by atoms with E-state index in [1.165, 1.54) is 12.1 Å². The lowest BCUT2D eigenvalue weighted by atomic mass is 10.2. The Balaban J connectivity index is 2.27. The predicted molar refractivity (Wildman–Crippen MR) is 85.3 cm³/mol. The Morgan fingerprint density at radius 3 is 2.57 bits per heavy atom. The van der Waals surface area contributed by atoms with Crippen molar-refractivity contribution in [3.63, 3.8) is 0 Å². The van der Waals surface area contributed by atoms with E-state index in [0.29, 0.717) is 0 Å². The molecular formula is C17H22FN3. The highest BCUT2D eigenvalue weighted by molar-refractivity contribution is 5.62. The summed E-state index contributed by atoms with van der Waals surface area (Å²) in [6.07, 6.45) is 2.90. The number of benzene rings is 1. The fourth-order valence-corrected chi connectivity index (χ4v) is 2.29. The van der Waals surface area contributed by atoms with E-state index in [1.54, 1.807) is 18.3 Å². The van der Waals surface area contributed by atoms with E-state index in [2.05, 4.69) is 35.1 Å². The lowest BCUT2D eigenvalue weighted by Gasteiger charge is -2.24. The van der Waals surface area contributed by atoms with Crippen molar-refractivity contribution in [1.82, 2.24) is 10.3 Å². The van der Waals surface area contributed by atoms with Crippen LogP contribution < -0.4 is 10.2 Å². The molecule has 0 amide bonds. The minimum atomic E-state index is -0.222. The Kier molecular flexibility index (Phi) is 5.69. The number of aromatic nitrogens is 1. The molecule has 0 spiro atoms. The maximum atomic E-state index is 13.1. The van der Waals surface area contributed by atoms with Crippen molar-refractivity contribution >= 4 is 11.5 Å². The van der Waals surface area contributed by atoms with Crippen molar-refractivity contribution in [3.05, 3.63) is 54.0 Å². The van der Waals surface area contributed by atoms with Crippen molar-refractivity contribution < 1.29 is 4.39 Å². The summed E-state index contributed by atoms with van der Waals surface area (Å²) < 4.78 is 13.1. The molecule has 0 radical (unpaired) electrons. The number of nitrogens with one attached hydrogen (secondary N) is 1. The van der Waals surface area contributed by atoms with Gasteiger partial charge in [0.25, 0.3) is 0 Å². The molecule has 0 aliphatic heterocycles. The van der Waals surface area contributed by atoms with E-state index >= 15 is 0 Å². The lowest BCUT2D eigenvalue weighted by Crippen LogP contribution is -2.22. The Morgan fingerprint density at radius 2 is 1.90 bits per heavy atom. The molecule has 0 saturated heterocycles. The summed E-state index contributed by atoms with van der Waals surface area (Å²) in [5, 5.41) is 3.40. The molecule has 0 atom stereocenters. The van der Waals surface area contributed by atoms with E-state index in [1.807, 2.05) is 6.07 Å². The molecule has 0 unspecified atom stereocenters. The first-order chi connectivity index (χ1) is 10.3. The van der Waals surface area contributed by atoms with Gasteiger partial charge in [-0.2, -0.15) is 0 Å². The average molecular weight is 287 g/mol. The van der Waals surface area contributed by atoms with Crippen molar-refractivity contribution in [1.29, 1.82) is 0 Å². The molecule has 112 valence electrons. The maximum absolute atomic E-state index is 13.1. The number of hydrogen-bond acceptors (Lipinski definition) is 3. The van der Waals surface area contributed by atoms with E-state index < -0.39 is 0 Å². The maximum Gasteiger partial charge on any atom is 0.137 e. The summed E-state index contributed by atoms with van der Waals surface area (Å²) in [7, 11) is 0. The van der Waals surface area contributed by atoms with E-state index in [4.69, 9.17) is 0 Å². The molecular weight excluding hydrogens is 265 g/mol. The van der Waals surface area contributed by atoms with Gasteiger partial charge in [-0.25, -0.2) is 9.37 Å². The van der Waals surface area contributed by atoms with Crippen LogP contribution in [0.1, 0.15) is 25.8 Å². The van der Waals surface area contributed by atoms with Crippen LogP contribution >= 0.6 is 0 Å². The van der Waals surface area contributed by atoms with Gasteiger partial charge in [-0.15, -0.1) is 0 Å². The largest absolute Gasteiger partial charge is 0.326 e. The van der Waals surface area contributed by atoms with Gasteiger partial charge in [0.1, 0.15) is 11.6 Å². The van der Waals surface area contributed by atoms with Gasteiger partial charge in [-0.05, 0) is 50.2 Å². The van der Waals surface area contributed by atoms with Gasteiger partial charge < -0.3 is 10.2 Å². The Hall–Kier alpha value is -1.94. The molecule has 0 bridgehead atoms. The second kappa shape index (κ2) is 7.74. The highest BCUT2D eigenvalue weighted by Gasteiger charge is 2.12. The van der Waals surface area contributed by atoms with Crippen LogP contribution in [-0.2, 0) is 6.54 Å². The second-order valence-electron chi connectivity index (χ2n) is 4.88. The zero-order valence-electron chi connectivity index (χ0n) is 12.6. The third-order valence-corrected chi connectivity index (χ3v) is 3.32. The fourth-order valence-electron chi connectivity index (χ4n) is 2.29. The molecule has 2 aromatic rings. The molecule has 21 heavy (non-hydrogen) atoms. The van der Waals surface area contributed by atoms with Crippen LogP contribution in [0.3, 0.4) is 0 Å². The molecule has 1 aromatic carbocycles. The van der Waals surface area contributed by atoms with Gasteiger partial charge in [0.2, 0.25) is 0 Å². The molecule has 1 aromatic heterocycles.